The quantitative estimate of drug-likeness (QED) is 0.744. The molecule has 2 heterocycles. The smallest absolute Gasteiger partial charge is 0.251 e. The molecule has 0 radical (unpaired) electrons. The number of aromatic nitrogens is 2. The van der Waals surface area contributed by atoms with Gasteiger partial charge in [0.2, 0.25) is 0 Å². The molecule has 2 aromatic rings. The molecule has 0 aromatic carbocycles. The third-order valence-electron chi connectivity index (χ3n) is 2.26. The van der Waals surface area contributed by atoms with Crippen molar-refractivity contribution < 1.29 is 0 Å². The van der Waals surface area contributed by atoms with Gasteiger partial charge in [-0.25, -0.2) is 0 Å². The summed E-state index contributed by atoms with van der Waals surface area (Å²) in [5, 5.41) is 0. The highest BCUT2D eigenvalue weighted by Gasteiger charge is 2.06. The van der Waals surface area contributed by atoms with Crippen LogP contribution < -0.4 is 5.56 Å². The van der Waals surface area contributed by atoms with Gasteiger partial charge in [-0.2, -0.15) is 0 Å². The highest BCUT2D eigenvalue weighted by molar-refractivity contribution is 5.74. The molecule has 0 saturated heterocycles. The van der Waals surface area contributed by atoms with Crippen LogP contribution in [0, 0.1) is 0 Å². The Morgan fingerprint density at radius 1 is 1.43 bits per heavy atom. The first-order chi connectivity index (χ1) is 6.68. The first kappa shape index (κ1) is 8.94. The van der Waals surface area contributed by atoms with Gasteiger partial charge in [0.05, 0.1) is 11.0 Å². The molecular weight excluding hydrogens is 176 g/mol. The molecule has 3 nitrogen and oxygen atoms in total. The van der Waals surface area contributed by atoms with Crippen LogP contribution in [0.3, 0.4) is 0 Å². The molecule has 0 bridgehead atoms. The van der Waals surface area contributed by atoms with Crippen LogP contribution in [-0.4, -0.2) is 9.97 Å². The second-order valence-electron chi connectivity index (χ2n) is 3.64. The van der Waals surface area contributed by atoms with Crippen molar-refractivity contribution in [3.05, 3.63) is 40.3 Å². The Balaban J connectivity index is 2.78. The third-order valence-corrected chi connectivity index (χ3v) is 2.26. The number of fused-ring (bicyclic) bond motifs is 1. The maximum absolute atomic E-state index is 11.6. The fourth-order valence-electron chi connectivity index (χ4n) is 1.47. The van der Waals surface area contributed by atoms with E-state index in [0.717, 1.165) is 16.6 Å². The SMILES string of the molecule is CC(C)c1cc2ncccc2[nH]c1=O. The first-order valence-electron chi connectivity index (χ1n) is 4.66. The van der Waals surface area contributed by atoms with Crippen molar-refractivity contribution >= 4 is 11.0 Å². The Kier molecular flexibility index (Phi) is 2.08. The standard InChI is InChI=1S/C11H12N2O/c1-7(2)8-6-10-9(13-11(8)14)4-3-5-12-10/h3-7H,1-2H3,(H,13,14). The van der Waals surface area contributed by atoms with Crippen LogP contribution in [0.2, 0.25) is 0 Å². The minimum absolute atomic E-state index is 0.0134. The zero-order valence-corrected chi connectivity index (χ0v) is 8.24. The summed E-state index contributed by atoms with van der Waals surface area (Å²) in [6.45, 7) is 4.00. The minimum atomic E-state index is -0.0134. The van der Waals surface area contributed by atoms with Crippen molar-refractivity contribution in [3.63, 3.8) is 0 Å². The van der Waals surface area contributed by atoms with Crippen LogP contribution in [0.25, 0.3) is 11.0 Å². The lowest BCUT2D eigenvalue weighted by atomic mass is 10.1. The van der Waals surface area contributed by atoms with E-state index < -0.39 is 0 Å². The molecule has 0 aliphatic heterocycles. The monoisotopic (exact) mass is 188 g/mol. The second kappa shape index (κ2) is 3.25. The summed E-state index contributed by atoms with van der Waals surface area (Å²) in [6, 6.07) is 5.53. The molecule has 0 aliphatic rings. The van der Waals surface area contributed by atoms with Crippen LogP contribution in [0.15, 0.2) is 29.2 Å². The number of aromatic amines is 1. The molecule has 0 saturated carbocycles. The number of hydrogen-bond acceptors (Lipinski definition) is 2. The summed E-state index contributed by atoms with van der Waals surface area (Å²) in [4.78, 5) is 18.6. The van der Waals surface area contributed by atoms with Crippen molar-refractivity contribution in [2.45, 2.75) is 19.8 Å². The molecule has 0 fully saturated rings. The van der Waals surface area contributed by atoms with Gasteiger partial charge in [-0.3, -0.25) is 9.78 Å². The zero-order valence-electron chi connectivity index (χ0n) is 8.24. The van der Waals surface area contributed by atoms with Gasteiger partial charge in [-0.1, -0.05) is 13.8 Å². The topological polar surface area (TPSA) is 45.8 Å². The van der Waals surface area contributed by atoms with E-state index >= 15 is 0 Å². The molecular formula is C11H12N2O. The predicted molar refractivity (Wildman–Crippen MR) is 56.5 cm³/mol. The van der Waals surface area contributed by atoms with Gasteiger partial charge in [0, 0.05) is 11.8 Å². The molecule has 0 unspecified atom stereocenters. The van der Waals surface area contributed by atoms with Gasteiger partial charge in [-0.15, -0.1) is 0 Å². The van der Waals surface area contributed by atoms with E-state index in [2.05, 4.69) is 9.97 Å². The van der Waals surface area contributed by atoms with Crippen molar-refractivity contribution in [1.29, 1.82) is 0 Å². The maximum atomic E-state index is 11.6. The van der Waals surface area contributed by atoms with Gasteiger partial charge in [0.1, 0.15) is 0 Å². The Hall–Kier alpha value is -1.64. The van der Waals surface area contributed by atoms with Crippen LogP contribution in [-0.2, 0) is 0 Å². The lowest BCUT2D eigenvalue weighted by Crippen LogP contribution is -2.13. The van der Waals surface area contributed by atoms with E-state index in [9.17, 15) is 4.79 Å². The lowest BCUT2D eigenvalue weighted by Gasteiger charge is -2.04. The van der Waals surface area contributed by atoms with Crippen molar-refractivity contribution in [3.8, 4) is 0 Å². The highest BCUT2D eigenvalue weighted by atomic mass is 16.1. The fourth-order valence-corrected chi connectivity index (χ4v) is 1.47. The maximum Gasteiger partial charge on any atom is 0.251 e. The number of H-pyrrole nitrogens is 1. The Labute approximate surface area is 81.8 Å². The average Bonchev–Trinajstić information content (AvgIpc) is 2.16. The molecule has 1 N–H and O–H groups in total. The molecule has 0 atom stereocenters. The molecule has 0 aliphatic carbocycles. The van der Waals surface area contributed by atoms with Crippen molar-refractivity contribution in [1.82, 2.24) is 9.97 Å². The zero-order chi connectivity index (χ0) is 10.1. The lowest BCUT2D eigenvalue weighted by molar-refractivity contribution is 0.848. The number of pyridine rings is 2. The van der Waals surface area contributed by atoms with E-state index in [0.29, 0.717) is 0 Å². The summed E-state index contributed by atoms with van der Waals surface area (Å²) in [7, 11) is 0. The Morgan fingerprint density at radius 3 is 2.93 bits per heavy atom. The summed E-state index contributed by atoms with van der Waals surface area (Å²) in [5.41, 5.74) is 2.41. The molecule has 72 valence electrons. The largest absolute Gasteiger partial charge is 0.320 e. The molecule has 0 spiro atoms. The Morgan fingerprint density at radius 2 is 2.21 bits per heavy atom. The number of nitrogens with zero attached hydrogens (tertiary/aromatic N) is 1. The fraction of sp³-hybridized carbons (Fsp3) is 0.273. The normalized spacial score (nSPS) is 11.1. The average molecular weight is 188 g/mol. The number of rotatable bonds is 1. The van der Waals surface area contributed by atoms with E-state index in [-0.39, 0.29) is 11.5 Å². The van der Waals surface area contributed by atoms with E-state index in [1.165, 1.54) is 0 Å². The summed E-state index contributed by atoms with van der Waals surface area (Å²) < 4.78 is 0. The molecule has 3 heteroatoms. The molecule has 0 amide bonds. The van der Waals surface area contributed by atoms with E-state index in [4.69, 9.17) is 0 Å². The van der Waals surface area contributed by atoms with Gasteiger partial charge < -0.3 is 4.98 Å². The van der Waals surface area contributed by atoms with E-state index in [1.807, 2.05) is 32.0 Å². The van der Waals surface area contributed by atoms with E-state index in [1.54, 1.807) is 6.20 Å². The van der Waals surface area contributed by atoms with Crippen LogP contribution in [0.4, 0.5) is 0 Å². The number of hydrogen-bond donors (Lipinski definition) is 1. The highest BCUT2D eigenvalue weighted by Crippen LogP contribution is 2.13. The van der Waals surface area contributed by atoms with Gasteiger partial charge >= 0.3 is 0 Å². The predicted octanol–water partition coefficient (Wildman–Crippen LogP) is 2.05. The van der Waals surface area contributed by atoms with Gasteiger partial charge in [0.25, 0.3) is 5.56 Å². The van der Waals surface area contributed by atoms with Crippen LogP contribution in [0.1, 0.15) is 25.3 Å². The minimum Gasteiger partial charge on any atom is -0.320 e. The molecule has 14 heavy (non-hydrogen) atoms. The van der Waals surface area contributed by atoms with Crippen LogP contribution >= 0.6 is 0 Å². The van der Waals surface area contributed by atoms with Crippen LogP contribution in [0.5, 0.6) is 0 Å². The molecule has 2 rings (SSSR count). The summed E-state index contributed by atoms with van der Waals surface area (Å²) in [6.07, 6.45) is 1.73. The van der Waals surface area contributed by atoms with Gasteiger partial charge in [0.15, 0.2) is 0 Å². The first-order valence-corrected chi connectivity index (χ1v) is 4.66. The Bertz CT molecular complexity index is 514. The second-order valence-corrected chi connectivity index (χ2v) is 3.64. The third kappa shape index (κ3) is 1.41. The summed E-state index contributed by atoms with van der Waals surface area (Å²) >= 11 is 0. The molecule has 2 aromatic heterocycles. The summed E-state index contributed by atoms with van der Waals surface area (Å²) in [5.74, 6) is 0.227. The van der Waals surface area contributed by atoms with Crippen molar-refractivity contribution in [2.75, 3.05) is 0 Å². The van der Waals surface area contributed by atoms with Crippen molar-refractivity contribution in [2.24, 2.45) is 0 Å². The number of nitrogens with one attached hydrogen (secondary N) is 1. The van der Waals surface area contributed by atoms with Gasteiger partial charge in [-0.05, 0) is 24.1 Å².